The topological polar surface area (TPSA) is 68.3 Å². The number of halogens is 3. The van der Waals surface area contributed by atoms with Crippen LogP contribution in [0.2, 0.25) is 0 Å². The van der Waals surface area contributed by atoms with Crippen LogP contribution in [0.25, 0.3) is 0 Å². The van der Waals surface area contributed by atoms with E-state index in [1.165, 1.54) is 19.9 Å². The molecule has 0 radical (unpaired) electrons. The smallest absolute Gasteiger partial charge is 0.360 e. The lowest BCUT2D eigenvalue weighted by Gasteiger charge is -2.32. The predicted molar refractivity (Wildman–Crippen MR) is 91.8 cm³/mol. The van der Waals surface area contributed by atoms with Crippen LogP contribution in [0.3, 0.4) is 0 Å². The fourth-order valence-corrected chi connectivity index (χ4v) is 2.92. The lowest BCUT2D eigenvalue weighted by molar-refractivity contribution is -0.160. The van der Waals surface area contributed by atoms with Gasteiger partial charge in [0.2, 0.25) is 0 Å². The molecule has 0 unspecified atom stereocenters. The van der Waals surface area contributed by atoms with Crippen LogP contribution in [0.5, 0.6) is 0 Å². The average molecular weight is 427 g/mol. The van der Waals surface area contributed by atoms with Crippen molar-refractivity contribution in [3.63, 3.8) is 0 Å². The van der Waals surface area contributed by atoms with Crippen LogP contribution in [0.1, 0.15) is 46.2 Å². The van der Waals surface area contributed by atoms with E-state index in [1.54, 1.807) is 20.8 Å². The number of nitrogens with zero attached hydrogens (tertiary/aromatic N) is 1. The second kappa shape index (κ2) is 7.97. The third-order valence-electron chi connectivity index (χ3n) is 3.22. The maximum absolute atomic E-state index is 15.5. The number of carbonyl (C=O) groups excluding carboxylic acids is 1. The Morgan fingerprint density at radius 1 is 1.46 bits per heavy atom. The summed E-state index contributed by atoms with van der Waals surface area (Å²) in [6.45, 7) is 7.57. The van der Waals surface area contributed by atoms with Gasteiger partial charge in [0.05, 0.1) is 23.0 Å². The molecule has 0 aliphatic heterocycles. The fourth-order valence-electron chi connectivity index (χ4n) is 1.76. The van der Waals surface area contributed by atoms with Crippen molar-refractivity contribution >= 4 is 32.9 Å². The summed E-state index contributed by atoms with van der Waals surface area (Å²) in [6.07, 6.45) is 0. The number of nitrogens with one attached hydrogen (secondary N) is 1. The minimum atomic E-state index is -2.90. The maximum Gasteiger partial charge on any atom is 0.360 e. The van der Waals surface area contributed by atoms with E-state index in [9.17, 15) is 13.4 Å². The molecule has 0 amide bonds. The van der Waals surface area contributed by atoms with Crippen molar-refractivity contribution in [1.82, 2.24) is 9.71 Å². The second-order valence-corrected chi connectivity index (χ2v) is 8.92. The van der Waals surface area contributed by atoms with Crippen molar-refractivity contribution in [2.24, 2.45) is 0 Å². The molecule has 1 N–H and O–H groups in total. The van der Waals surface area contributed by atoms with Crippen molar-refractivity contribution in [2.75, 3.05) is 6.61 Å². The molecule has 0 fully saturated rings. The zero-order chi connectivity index (χ0) is 18.7. The van der Waals surface area contributed by atoms with Crippen LogP contribution >= 0.6 is 15.9 Å². The summed E-state index contributed by atoms with van der Waals surface area (Å²) in [6, 6.07) is 2.46. The molecule has 1 aromatic rings. The Labute approximate surface area is 151 Å². The van der Waals surface area contributed by atoms with Crippen molar-refractivity contribution in [1.29, 1.82) is 0 Å². The molecule has 136 valence electrons. The molecule has 0 bridgehead atoms. The molecule has 0 saturated heterocycles. The van der Waals surface area contributed by atoms with E-state index < -0.39 is 39.2 Å². The zero-order valence-electron chi connectivity index (χ0n) is 14.2. The van der Waals surface area contributed by atoms with E-state index in [0.29, 0.717) is 0 Å². The summed E-state index contributed by atoms with van der Waals surface area (Å²) in [5.41, 5.74) is -0.279. The van der Waals surface area contributed by atoms with E-state index in [-0.39, 0.29) is 16.9 Å². The molecule has 0 saturated carbocycles. The van der Waals surface area contributed by atoms with Gasteiger partial charge >= 0.3 is 5.97 Å². The van der Waals surface area contributed by atoms with Gasteiger partial charge in [0, 0.05) is 0 Å². The van der Waals surface area contributed by atoms with Gasteiger partial charge < -0.3 is 4.74 Å². The first-order valence-electron chi connectivity index (χ1n) is 7.31. The lowest BCUT2D eigenvalue weighted by atomic mass is 9.95. The van der Waals surface area contributed by atoms with E-state index in [1.807, 2.05) is 0 Å². The third-order valence-corrected chi connectivity index (χ3v) is 5.25. The van der Waals surface area contributed by atoms with Gasteiger partial charge in [0.1, 0.15) is 21.4 Å². The van der Waals surface area contributed by atoms with E-state index in [4.69, 9.17) is 4.74 Å². The summed E-state index contributed by atoms with van der Waals surface area (Å²) in [5, 5.41) is 0. The third kappa shape index (κ3) is 4.80. The van der Waals surface area contributed by atoms with Gasteiger partial charge in [0.25, 0.3) is 5.79 Å². The molecule has 24 heavy (non-hydrogen) atoms. The summed E-state index contributed by atoms with van der Waals surface area (Å²) < 4.78 is 48.3. The number of rotatable bonds is 6. The fraction of sp³-hybridized carbons (Fsp3) is 0.600. The van der Waals surface area contributed by atoms with Crippen molar-refractivity contribution in [3.8, 4) is 0 Å². The normalized spacial score (nSPS) is 17.0. The maximum atomic E-state index is 15.5. The number of ether oxygens (including phenoxy) is 1. The average Bonchev–Trinajstić information content (AvgIpc) is 2.48. The molecule has 5 nitrogen and oxygen atoms in total. The number of hydrogen-bond donors (Lipinski definition) is 1. The molecular formula is C15H21BrF2N2O3S. The number of hydrogen-bond acceptors (Lipinski definition) is 4. The first-order valence-corrected chi connectivity index (χ1v) is 9.25. The molecule has 1 rings (SSSR count). The Hall–Kier alpha value is -0.930. The van der Waals surface area contributed by atoms with Gasteiger partial charge in [-0.15, -0.1) is 0 Å². The number of alkyl halides is 1. The highest BCUT2D eigenvalue weighted by molar-refractivity contribution is 9.10. The monoisotopic (exact) mass is 426 g/mol. The summed E-state index contributed by atoms with van der Waals surface area (Å²) in [5.74, 6) is -6.32. The van der Waals surface area contributed by atoms with E-state index >= 15 is 4.39 Å². The van der Waals surface area contributed by atoms with Crippen molar-refractivity contribution < 1.29 is 22.5 Å². The van der Waals surface area contributed by atoms with Gasteiger partial charge in [-0.05, 0) is 55.8 Å². The Bertz CT molecular complexity index is 640. The van der Waals surface area contributed by atoms with Gasteiger partial charge in [-0.1, -0.05) is 6.92 Å². The highest BCUT2D eigenvalue weighted by atomic mass is 79.9. The van der Waals surface area contributed by atoms with Crippen LogP contribution in [0.4, 0.5) is 8.78 Å². The molecule has 0 aliphatic rings. The predicted octanol–water partition coefficient (Wildman–Crippen LogP) is 3.37. The van der Waals surface area contributed by atoms with E-state index in [2.05, 4.69) is 25.6 Å². The Morgan fingerprint density at radius 3 is 2.54 bits per heavy atom. The zero-order valence-corrected chi connectivity index (χ0v) is 16.6. The lowest BCUT2D eigenvalue weighted by Crippen LogP contribution is -2.56. The highest BCUT2D eigenvalue weighted by Crippen LogP contribution is 2.33. The van der Waals surface area contributed by atoms with Crippen LogP contribution in [0.15, 0.2) is 16.7 Å². The van der Waals surface area contributed by atoms with Crippen LogP contribution in [0, 0.1) is 5.82 Å². The summed E-state index contributed by atoms with van der Waals surface area (Å²) >= 11 is 3.08. The number of aromatic nitrogens is 1. The van der Waals surface area contributed by atoms with Gasteiger partial charge in [-0.25, -0.2) is 22.8 Å². The highest BCUT2D eigenvalue weighted by Gasteiger charge is 2.50. The molecule has 1 heterocycles. The van der Waals surface area contributed by atoms with E-state index in [0.717, 1.165) is 6.07 Å². The van der Waals surface area contributed by atoms with Gasteiger partial charge in [-0.2, -0.15) is 4.72 Å². The largest absolute Gasteiger partial charge is 0.463 e. The summed E-state index contributed by atoms with van der Waals surface area (Å²) in [4.78, 5) is 16.1. The Balaban J connectivity index is 3.33. The van der Waals surface area contributed by atoms with Gasteiger partial charge in [-0.3, -0.25) is 0 Å². The Kier molecular flexibility index (Phi) is 7.01. The quantitative estimate of drug-likeness (QED) is 0.430. The SMILES string of the molecule is CCOC(=O)[C@@](F)(N[S@](=O)C(C)(C)C)[C@H](C)c1nc(Br)ccc1F. The molecule has 1 aromatic heterocycles. The van der Waals surface area contributed by atoms with Crippen LogP contribution in [-0.4, -0.2) is 32.3 Å². The molecule has 9 heteroatoms. The number of esters is 1. The molecular weight excluding hydrogens is 406 g/mol. The number of carbonyl (C=O) groups is 1. The minimum absolute atomic E-state index is 0.0740. The number of pyridine rings is 1. The molecule has 0 aromatic carbocycles. The standard InChI is InChI=1S/C15H21BrF2N2O3S/c1-6-23-13(21)15(18,20-24(22)14(3,4)5)9(2)12-10(17)7-8-11(16)19-12/h7-9,20H,6H2,1-5H3/t9-,15+,24-/m1/s1. The first kappa shape index (κ1) is 21.1. The second-order valence-electron chi connectivity index (χ2n) is 6.14. The minimum Gasteiger partial charge on any atom is -0.463 e. The van der Waals surface area contributed by atoms with Crippen LogP contribution < -0.4 is 4.72 Å². The van der Waals surface area contributed by atoms with Crippen LogP contribution in [-0.2, 0) is 20.5 Å². The van der Waals surface area contributed by atoms with Gasteiger partial charge in [0.15, 0.2) is 0 Å². The summed E-state index contributed by atoms with van der Waals surface area (Å²) in [7, 11) is -1.93. The molecule has 3 atom stereocenters. The Morgan fingerprint density at radius 2 is 2.04 bits per heavy atom. The van der Waals surface area contributed by atoms with Crippen molar-refractivity contribution in [2.45, 2.75) is 51.1 Å². The molecule has 0 aliphatic carbocycles. The first-order chi connectivity index (χ1) is 10.9. The van der Waals surface area contributed by atoms with Crippen molar-refractivity contribution in [3.05, 3.63) is 28.2 Å². The molecule has 0 spiro atoms.